The van der Waals surface area contributed by atoms with Gasteiger partial charge in [0.2, 0.25) is 0 Å². The van der Waals surface area contributed by atoms with Gasteiger partial charge in [-0.05, 0) is 13.0 Å². The van der Waals surface area contributed by atoms with Crippen LogP contribution < -0.4 is 5.73 Å². The van der Waals surface area contributed by atoms with Crippen molar-refractivity contribution in [1.29, 1.82) is 0 Å². The first-order valence-corrected chi connectivity index (χ1v) is 2.60. The van der Waals surface area contributed by atoms with Gasteiger partial charge in [0.25, 0.3) is 0 Å². The van der Waals surface area contributed by atoms with Gasteiger partial charge in [0, 0.05) is 0 Å². The third-order valence-electron chi connectivity index (χ3n) is 1.12. The van der Waals surface area contributed by atoms with Crippen molar-refractivity contribution in [2.75, 3.05) is 5.73 Å². The lowest BCUT2D eigenvalue weighted by atomic mass is 10.3. The topological polar surface area (TPSA) is 52.0 Å². The molecule has 0 unspecified atom stereocenters. The van der Waals surface area contributed by atoms with Crippen LogP contribution in [0, 0.1) is 6.92 Å². The molecule has 0 aromatic carbocycles. The van der Waals surface area contributed by atoms with Crippen LogP contribution in [0.1, 0.15) is 11.5 Å². The van der Waals surface area contributed by atoms with Gasteiger partial charge in [-0.15, -0.1) is 0 Å². The number of rotatable bonds is 1. The summed E-state index contributed by atoms with van der Waals surface area (Å²) >= 11 is 0. The molecule has 1 rings (SSSR count). The molecule has 0 aliphatic carbocycles. The molecule has 48 valence electrons. The van der Waals surface area contributed by atoms with Crippen LogP contribution in [-0.2, 0) is 0 Å². The van der Waals surface area contributed by atoms with E-state index >= 15 is 0 Å². The third kappa shape index (κ3) is 0.806. The Bertz CT molecular complexity index is 227. The SMILES string of the molecule is C=Cc1onc(C)c1N. The van der Waals surface area contributed by atoms with Crippen LogP contribution in [0.5, 0.6) is 0 Å². The van der Waals surface area contributed by atoms with E-state index in [1.54, 1.807) is 6.92 Å². The minimum Gasteiger partial charge on any atom is -0.394 e. The maximum absolute atomic E-state index is 5.49. The van der Waals surface area contributed by atoms with Gasteiger partial charge >= 0.3 is 0 Å². The minimum absolute atomic E-state index is 0.549. The van der Waals surface area contributed by atoms with Crippen LogP contribution in [0.4, 0.5) is 5.69 Å². The standard InChI is InChI=1S/C6H8N2O/c1-3-5-6(7)4(2)8-9-5/h3H,1,7H2,2H3. The molecule has 0 amide bonds. The smallest absolute Gasteiger partial charge is 0.182 e. The number of aryl methyl sites for hydroxylation is 1. The predicted octanol–water partition coefficient (Wildman–Crippen LogP) is 1.21. The Morgan fingerprint density at radius 3 is 2.67 bits per heavy atom. The lowest BCUT2D eigenvalue weighted by molar-refractivity contribution is 0.408. The lowest BCUT2D eigenvalue weighted by Crippen LogP contribution is -1.86. The highest BCUT2D eigenvalue weighted by Gasteiger charge is 2.03. The van der Waals surface area contributed by atoms with Crippen molar-refractivity contribution in [2.24, 2.45) is 0 Å². The summed E-state index contributed by atoms with van der Waals surface area (Å²) in [5.74, 6) is 0.549. The Labute approximate surface area is 53.1 Å². The second-order valence-electron chi connectivity index (χ2n) is 1.75. The molecule has 0 bridgehead atoms. The summed E-state index contributed by atoms with van der Waals surface area (Å²) in [6, 6.07) is 0. The molecule has 0 saturated heterocycles. The van der Waals surface area contributed by atoms with Gasteiger partial charge in [-0.2, -0.15) is 0 Å². The van der Waals surface area contributed by atoms with Gasteiger partial charge in [-0.1, -0.05) is 11.7 Å². The molecule has 0 aliphatic rings. The molecule has 9 heavy (non-hydrogen) atoms. The molecule has 2 N–H and O–H groups in total. The Morgan fingerprint density at radius 2 is 2.44 bits per heavy atom. The van der Waals surface area contributed by atoms with Crippen molar-refractivity contribution in [3.8, 4) is 0 Å². The first-order valence-electron chi connectivity index (χ1n) is 2.60. The van der Waals surface area contributed by atoms with Gasteiger partial charge in [0.1, 0.15) is 11.4 Å². The zero-order valence-electron chi connectivity index (χ0n) is 5.22. The van der Waals surface area contributed by atoms with Gasteiger partial charge < -0.3 is 10.3 Å². The Kier molecular flexibility index (Phi) is 1.26. The van der Waals surface area contributed by atoms with E-state index in [0.29, 0.717) is 17.1 Å². The molecular formula is C6H8N2O. The fourth-order valence-electron chi connectivity index (χ4n) is 0.542. The minimum atomic E-state index is 0.549. The number of nitrogens with two attached hydrogens (primary N) is 1. The zero-order chi connectivity index (χ0) is 6.85. The van der Waals surface area contributed by atoms with Gasteiger partial charge in [0.05, 0.1) is 0 Å². The van der Waals surface area contributed by atoms with Crippen LogP contribution in [0.2, 0.25) is 0 Å². The average Bonchev–Trinajstić information content (AvgIpc) is 2.15. The summed E-state index contributed by atoms with van der Waals surface area (Å²) in [6.45, 7) is 5.27. The summed E-state index contributed by atoms with van der Waals surface area (Å²) < 4.78 is 4.75. The summed E-state index contributed by atoms with van der Waals surface area (Å²) in [7, 11) is 0. The molecule has 1 aromatic rings. The van der Waals surface area contributed by atoms with E-state index in [2.05, 4.69) is 11.7 Å². The molecular weight excluding hydrogens is 116 g/mol. The maximum Gasteiger partial charge on any atom is 0.182 e. The van der Waals surface area contributed by atoms with E-state index in [0.717, 1.165) is 0 Å². The van der Waals surface area contributed by atoms with E-state index in [-0.39, 0.29) is 0 Å². The fourth-order valence-corrected chi connectivity index (χ4v) is 0.542. The third-order valence-corrected chi connectivity index (χ3v) is 1.12. The van der Waals surface area contributed by atoms with Crippen LogP contribution in [0.15, 0.2) is 11.1 Å². The van der Waals surface area contributed by atoms with Crippen molar-refractivity contribution in [3.63, 3.8) is 0 Å². The number of hydrogen-bond acceptors (Lipinski definition) is 3. The first-order chi connectivity index (χ1) is 4.25. The van der Waals surface area contributed by atoms with Crippen molar-refractivity contribution < 1.29 is 4.52 Å². The van der Waals surface area contributed by atoms with E-state index < -0.39 is 0 Å². The molecule has 0 saturated carbocycles. The molecule has 3 heteroatoms. The number of anilines is 1. The van der Waals surface area contributed by atoms with Gasteiger partial charge in [-0.3, -0.25) is 0 Å². The molecule has 1 aromatic heterocycles. The monoisotopic (exact) mass is 124 g/mol. The van der Waals surface area contributed by atoms with E-state index in [4.69, 9.17) is 10.3 Å². The molecule has 0 radical (unpaired) electrons. The number of nitrogen functional groups attached to an aromatic ring is 1. The lowest BCUT2D eigenvalue weighted by Gasteiger charge is -1.83. The van der Waals surface area contributed by atoms with Crippen molar-refractivity contribution in [1.82, 2.24) is 5.16 Å². The quantitative estimate of drug-likeness (QED) is 0.612. The van der Waals surface area contributed by atoms with Crippen LogP contribution in [-0.4, -0.2) is 5.16 Å². The summed E-state index contributed by atoms with van der Waals surface area (Å²) in [6.07, 6.45) is 1.54. The van der Waals surface area contributed by atoms with Crippen LogP contribution in [0.25, 0.3) is 6.08 Å². The van der Waals surface area contributed by atoms with Crippen LogP contribution >= 0.6 is 0 Å². The highest BCUT2D eigenvalue weighted by molar-refractivity contribution is 5.59. The number of nitrogens with zero attached hydrogens (tertiary/aromatic N) is 1. The number of aromatic nitrogens is 1. The molecule has 0 fully saturated rings. The Hall–Kier alpha value is -1.25. The van der Waals surface area contributed by atoms with E-state index in [9.17, 15) is 0 Å². The highest BCUT2D eigenvalue weighted by atomic mass is 16.5. The van der Waals surface area contributed by atoms with Crippen molar-refractivity contribution >= 4 is 11.8 Å². The maximum atomic E-state index is 5.49. The molecule has 0 atom stereocenters. The van der Waals surface area contributed by atoms with E-state index in [1.807, 2.05) is 0 Å². The molecule has 0 aliphatic heterocycles. The average molecular weight is 124 g/mol. The van der Waals surface area contributed by atoms with Crippen molar-refractivity contribution in [3.05, 3.63) is 18.0 Å². The summed E-state index contributed by atoms with van der Waals surface area (Å²) in [5, 5.41) is 3.62. The predicted molar refractivity (Wildman–Crippen MR) is 35.7 cm³/mol. The van der Waals surface area contributed by atoms with Crippen LogP contribution in [0.3, 0.4) is 0 Å². The normalized spacial score (nSPS) is 9.44. The second kappa shape index (κ2) is 1.93. The van der Waals surface area contributed by atoms with Gasteiger partial charge in [0.15, 0.2) is 5.76 Å². The molecule has 0 spiro atoms. The van der Waals surface area contributed by atoms with E-state index in [1.165, 1.54) is 6.08 Å². The summed E-state index contributed by atoms with van der Waals surface area (Å²) in [4.78, 5) is 0. The molecule has 1 heterocycles. The first kappa shape index (κ1) is 5.88. The largest absolute Gasteiger partial charge is 0.394 e. The Balaban J connectivity index is 3.18. The Morgan fingerprint density at radius 1 is 1.78 bits per heavy atom. The van der Waals surface area contributed by atoms with Crippen molar-refractivity contribution in [2.45, 2.75) is 6.92 Å². The summed E-state index contributed by atoms with van der Waals surface area (Å²) in [5.41, 5.74) is 6.77. The highest BCUT2D eigenvalue weighted by Crippen LogP contribution is 2.15. The molecule has 3 nitrogen and oxygen atoms in total. The second-order valence-corrected chi connectivity index (χ2v) is 1.75. The number of hydrogen-bond donors (Lipinski definition) is 1. The fraction of sp³-hybridized carbons (Fsp3) is 0.167. The van der Waals surface area contributed by atoms with Gasteiger partial charge in [-0.25, -0.2) is 0 Å². The zero-order valence-corrected chi connectivity index (χ0v) is 5.22.